The monoisotopic (exact) mass is 571 g/mol. The van der Waals surface area contributed by atoms with Crippen molar-refractivity contribution in [1.29, 1.82) is 0 Å². The van der Waals surface area contributed by atoms with E-state index in [1.165, 1.54) is 0 Å². The molecule has 2 fully saturated rings. The van der Waals surface area contributed by atoms with Gasteiger partial charge in [-0.25, -0.2) is 4.98 Å². The number of nitrogens with zero attached hydrogens (tertiary/aromatic N) is 6. The lowest BCUT2D eigenvalue weighted by Crippen LogP contribution is -2.59. The second kappa shape index (κ2) is 12.6. The molecular weight excluding hydrogens is 534 g/mol. The maximum atomic E-state index is 13.0. The van der Waals surface area contributed by atoms with Crippen molar-refractivity contribution in [2.45, 2.75) is 57.3 Å². The molecule has 216 valence electrons. The van der Waals surface area contributed by atoms with Crippen LogP contribution in [0.1, 0.15) is 38.5 Å². The molecule has 1 unspecified atom stereocenters. The fourth-order valence-electron chi connectivity index (χ4n) is 5.98. The summed E-state index contributed by atoms with van der Waals surface area (Å²) in [6.07, 6.45) is 11.8. The highest BCUT2D eigenvalue weighted by atomic mass is 35.5. The van der Waals surface area contributed by atoms with Gasteiger partial charge in [0, 0.05) is 56.3 Å². The lowest BCUT2D eigenvalue weighted by molar-refractivity contribution is 0.0444. The van der Waals surface area contributed by atoms with Crippen molar-refractivity contribution in [3.05, 3.63) is 51.2 Å². The Kier molecular flexibility index (Phi) is 9.01. The molecule has 2 atom stereocenters. The average Bonchev–Trinajstić information content (AvgIpc) is 3.36. The second-order valence-corrected chi connectivity index (χ2v) is 10.9. The number of aromatic nitrogens is 4. The van der Waals surface area contributed by atoms with Crippen LogP contribution in [-0.4, -0.2) is 92.5 Å². The summed E-state index contributed by atoms with van der Waals surface area (Å²) in [6, 6.07) is 0.697. The number of nitrogen functional groups attached to an aromatic ring is 1. The van der Waals surface area contributed by atoms with Crippen molar-refractivity contribution in [1.82, 2.24) is 30.0 Å². The van der Waals surface area contributed by atoms with Crippen LogP contribution in [0.4, 0.5) is 11.6 Å². The number of rotatable bonds is 8. The number of nitrogens with one attached hydrogen (secondary N) is 1. The average molecular weight is 572 g/mol. The normalized spacial score (nSPS) is 22.2. The SMILES string of the molecule is CCC1CN(c2nc(N)c(-c3nnc(CN)o3)[nH]c2=O)CCN1C1CCN([C@@H](CO)C2=CC=C(Cl)CC=C2)CC1. The molecule has 0 bridgehead atoms. The number of allylic oxidation sites excluding steroid dienone is 4. The van der Waals surface area contributed by atoms with Crippen LogP contribution in [0.5, 0.6) is 0 Å². The van der Waals surface area contributed by atoms with Gasteiger partial charge < -0.3 is 30.9 Å². The van der Waals surface area contributed by atoms with E-state index in [0.29, 0.717) is 24.9 Å². The third-order valence-electron chi connectivity index (χ3n) is 8.12. The van der Waals surface area contributed by atoms with Crippen LogP contribution >= 0.6 is 11.6 Å². The van der Waals surface area contributed by atoms with Crippen molar-refractivity contribution in [2.75, 3.05) is 50.0 Å². The van der Waals surface area contributed by atoms with Crippen LogP contribution in [-0.2, 0) is 6.54 Å². The van der Waals surface area contributed by atoms with Gasteiger partial charge in [-0.1, -0.05) is 36.8 Å². The first-order valence-electron chi connectivity index (χ1n) is 13.9. The number of anilines is 2. The number of aromatic amines is 1. The molecule has 2 aromatic heterocycles. The predicted molar refractivity (Wildman–Crippen MR) is 155 cm³/mol. The number of likely N-dealkylation sites (tertiary alicyclic amines) is 1. The maximum Gasteiger partial charge on any atom is 0.291 e. The Morgan fingerprint density at radius 3 is 2.73 bits per heavy atom. The predicted octanol–water partition coefficient (Wildman–Crippen LogP) is 1.60. The topological polar surface area (TPSA) is 167 Å². The highest BCUT2D eigenvalue weighted by Gasteiger charge is 2.35. The molecule has 0 spiro atoms. The van der Waals surface area contributed by atoms with Crippen molar-refractivity contribution < 1.29 is 9.52 Å². The van der Waals surface area contributed by atoms with Gasteiger partial charge >= 0.3 is 0 Å². The van der Waals surface area contributed by atoms with Crippen LogP contribution in [0.25, 0.3) is 11.6 Å². The van der Waals surface area contributed by atoms with E-state index in [2.05, 4.69) is 49.0 Å². The summed E-state index contributed by atoms with van der Waals surface area (Å²) in [5, 5.41) is 18.7. The van der Waals surface area contributed by atoms with Crippen LogP contribution in [0.15, 0.2) is 44.1 Å². The summed E-state index contributed by atoms with van der Waals surface area (Å²) in [4.78, 5) is 27.2. The van der Waals surface area contributed by atoms with Crippen LogP contribution < -0.4 is 21.9 Å². The lowest BCUT2D eigenvalue weighted by atomic mass is 9.95. The van der Waals surface area contributed by atoms with Gasteiger partial charge in [-0.15, -0.1) is 10.2 Å². The number of hydrogen-bond acceptors (Lipinski definition) is 11. The zero-order chi connectivity index (χ0) is 28.2. The Morgan fingerprint density at radius 2 is 2.02 bits per heavy atom. The molecule has 2 saturated heterocycles. The Labute approximate surface area is 238 Å². The van der Waals surface area contributed by atoms with Gasteiger partial charge in [-0.05, 0) is 30.9 Å². The number of H-pyrrole nitrogens is 1. The first kappa shape index (κ1) is 28.5. The van der Waals surface area contributed by atoms with E-state index in [1.807, 2.05) is 17.1 Å². The first-order chi connectivity index (χ1) is 19.4. The molecule has 2 aromatic rings. The molecule has 6 N–H and O–H groups in total. The summed E-state index contributed by atoms with van der Waals surface area (Å²) < 4.78 is 5.44. The van der Waals surface area contributed by atoms with Gasteiger partial charge in [0.1, 0.15) is 5.69 Å². The number of hydrogen-bond donors (Lipinski definition) is 4. The minimum absolute atomic E-state index is 0.0323. The molecule has 0 amide bonds. The Morgan fingerprint density at radius 1 is 1.23 bits per heavy atom. The number of halogens is 1. The first-order valence-corrected chi connectivity index (χ1v) is 14.3. The molecule has 2 aliphatic heterocycles. The summed E-state index contributed by atoms with van der Waals surface area (Å²) in [6.45, 7) is 6.37. The molecule has 0 saturated carbocycles. The summed E-state index contributed by atoms with van der Waals surface area (Å²) in [5.74, 6) is 0.767. The summed E-state index contributed by atoms with van der Waals surface area (Å²) in [7, 11) is 0. The molecule has 40 heavy (non-hydrogen) atoms. The molecule has 1 aliphatic carbocycles. The smallest absolute Gasteiger partial charge is 0.291 e. The number of piperazine rings is 1. The highest BCUT2D eigenvalue weighted by Crippen LogP contribution is 2.28. The Hall–Kier alpha value is -3.03. The molecule has 3 aliphatic rings. The molecule has 13 heteroatoms. The molecule has 12 nitrogen and oxygen atoms in total. The van der Waals surface area contributed by atoms with E-state index in [0.717, 1.165) is 55.9 Å². The molecule has 0 aromatic carbocycles. The Bertz CT molecular complexity index is 1330. The van der Waals surface area contributed by atoms with Gasteiger partial charge in [0.25, 0.3) is 11.4 Å². The van der Waals surface area contributed by atoms with E-state index >= 15 is 0 Å². The fraction of sp³-hybridized carbons (Fsp3) is 0.556. The van der Waals surface area contributed by atoms with E-state index in [4.69, 9.17) is 27.5 Å². The zero-order valence-electron chi connectivity index (χ0n) is 22.8. The van der Waals surface area contributed by atoms with Crippen LogP contribution in [0.3, 0.4) is 0 Å². The largest absolute Gasteiger partial charge is 0.418 e. The van der Waals surface area contributed by atoms with Crippen LogP contribution in [0, 0.1) is 0 Å². The van der Waals surface area contributed by atoms with Gasteiger partial charge in [-0.3, -0.25) is 14.6 Å². The number of aliphatic hydroxyl groups excluding tert-OH is 1. The Balaban J connectivity index is 1.23. The maximum absolute atomic E-state index is 13.0. The van der Waals surface area contributed by atoms with Gasteiger partial charge in [0.2, 0.25) is 5.89 Å². The molecule has 0 radical (unpaired) electrons. The van der Waals surface area contributed by atoms with Crippen molar-refractivity contribution in [3.63, 3.8) is 0 Å². The summed E-state index contributed by atoms with van der Waals surface area (Å²) in [5.41, 5.74) is 12.7. The van der Waals surface area contributed by atoms with E-state index in [-0.39, 0.29) is 54.1 Å². The fourth-order valence-corrected chi connectivity index (χ4v) is 6.13. The van der Waals surface area contributed by atoms with Gasteiger partial charge in [0.05, 0.1) is 19.2 Å². The third-order valence-corrected chi connectivity index (χ3v) is 8.41. The molecule has 4 heterocycles. The number of aliphatic hydroxyl groups is 1. The van der Waals surface area contributed by atoms with Gasteiger partial charge in [0.15, 0.2) is 11.6 Å². The minimum Gasteiger partial charge on any atom is -0.418 e. The lowest BCUT2D eigenvalue weighted by Gasteiger charge is -2.48. The zero-order valence-corrected chi connectivity index (χ0v) is 23.6. The van der Waals surface area contributed by atoms with Crippen molar-refractivity contribution in [3.8, 4) is 11.6 Å². The van der Waals surface area contributed by atoms with Crippen molar-refractivity contribution in [2.24, 2.45) is 5.73 Å². The second-order valence-electron chi connectivity index (χ2n) is 10.5. The molecule has 5 rings (SSSR count). The van der Waals surface area contributed by atoms with Crippen molar-refractivity contribution >= 4 is 23.2 Å². The highest BCUT2D eigenvalue weighted by molar-refractivity contribution is 6.29. The quantitative estimate of drug-likeness (QED) is 0.363. The molecular formula is C27H38ClN9O3. The van der Waals surface area contributed by atoms with E-state index in [9.17, 15) is 9.90 Å². The third kappa shape index (κ3) is 6.01. The van der Waals surface area contributed by atoms with E-state index < -0.39 is 0 Å². The standard InChI is InChI=1S/C27H38ClN9O3/c1-2-19-15-36(25-26(39)31-23(24(30)32-25)27-34-33-22(14-29)40-27)12-13-37(19)20-8-10-35(11-9-20)21(16-38)17-4-3-5-18(28)7-6-17/h3-4,6-7,19-21,38H,2,5,8-16,29H2,1H3,(H2,30,32)(H,31,39)/t19?,21-/m0/s1. The minimum atomic E-state index is -0.346. The van der Waals surface area contributed by atoms with Gasteiger partial charge in [-0.2, -0.15) is 0 Å². The summed E-state index contributed by atoms with van der Waals surface area (Å²) >= 11 is 6.20. The van der Waals surface area contributed by atoms with E-state index in [1.54, 1.807) is 0 Å². The van der Waals surface area contributed by atoms with Crippen LogP contribution in [0.2, 0.25) is 0 Å². The number of piperidine rings is 1. The number of nitrogens with two attached hydrogens (primary N) is 2.